The molecule has 0 amide bonds. The predicted octanol–water partition coefficient (Wildman–Crippen LogP) is 1.92. The predicted molar refractivity (Wildman–Crippen MR) is 50.8 cm³/mol. The Morgan fingerprint density at radius 1 is 0.917 bits per heavy atom. The maximum Gasteiger partial charge on any atom is 0.0243 e. The Kier molecular flexibility index (Phi) is 3.01. The van der Waals surface area contributed by atoms with Crippen LogP contribution in [0, 0.1) is 0 Å². The lowest BCUT2D eigenvalue weighted by atomic mass is 10.1. The first-order chi connectivity index (χ1) is 5.97. The van der Waals surface area contributed by atoms with Gasteiger partial charge in [0.2, 0.25) is 0 Å². The van der Waals surface area contributed by atoms with Crippen molar-refractivity contribution < 1.29 is 0 Å². The zero-order chi connectivity index (χ0) is 8.23. The van der Waals surface area contributed by atoms with Gasteiger partial charge in [-0.3, -0.25) is 5.43 Å². The number of hydrogen-bond donors (Lipinski definition) is 1. The van der Waals surface area contributed by atoms with Gasteiger partial charge < -0.3 is 0 Å². The van der Waals surface area contributed by atoms with Gasteiger partial charge in [-0.1, -0.05) is 25.7 Å². The summed E-state index contributed by atoms with van der Waals surface area (Å²) in [5, 5.41) is 2.49. The fraction of sp³-hybridized carbons (Fsp3) is 1.00. The topological polar surface area (TPSA) is 15.3 Å². The van der Waals surface area contributed by atoms with E-state index in [0.29, 0.717) is 0 Å². The van der Waals surface area contributed by atoms with E-state index in [0.717, 1.165) is 6.04 Å². The Balaban J connectivity index is 1.83. The number of nitrogens with zero attached hydrogens (tertiary/aromatic N) is 1. The molecule has 2 nitrogen and oxygen atoms in total. The molecule has 0 spiro atoms. The summed E-state index contributed by atoms with van der Waals surface area (Å²) >= 11 is 0. The van der Waals surface area contributed by atoms with Crippen LogP contribution in [0.25, 0.3) is 0 Å². The molecule has 0 aromatic rings. The Morgan fingerprint density at radius 2 is 1.67 bits per heavy atom. The lowest BCUT2D eigenvalue weighted by Gasteiger charge is -2.25. The lowest BCUT2D eigenvalue weighted by molar-refractivity contribution is 0.158. The summed E-state index contributed by atoms with van der Waals surface area (Å²) in [4.78, 5) is 0. The van der Waals surface area contributed by atoms with E-state index in [9.17, 15) is 0 Å². The van der Waals surface area contributed by atoms with Crippen LogP contribution < -0.4 is 5.43 Å². The van der Waals surface area contributed by atoms with E-state index in [4.69, 9.17) is 0 Å². The van der Waals surface area contributed by atoms with Gasteiger partial charge in [-0.15, -0.1) is 0 Å². The van der Waals surface area contributed by atoms with Crippen LogP contribution in [0.3, 0.4) is 0 Å². The van der Waals surface area contributed by atoms with Crippen LogP contribution in [0.5, 0.6) is 0 Å². The molecule has 1 aliphatic heterocycles. The molecule has 12 heavy (non-hydrogen) atoms. The summed E-state index contributed by atoms with van der Waals surface area (Å²) in [5.41, 5.74) is 3.49. The summed E-state index contributed by atoms with van der Waals surface area (Å²) < 4.78 is 0. The quantitative estimate of drug-likeness (QED) is 0.602. The van der Waals surface area contributed by atoms with Crippen molar-refractivity contribution in [3.05, 3.63) is 0 Å². The van der Waals surface area contributed by atoms with Crippen LogP contribution >= 0.6 is 0 Å². The van der Waals surface area contributed by atoms with Gasteiger partial charge in [-0.2, -0.15) is 0 Å². The van der Waals surface area contributed by atoms with E-state index in [-0.39, 0.29) is 0 Å². The highest BCUT2D eigenvalue weighted by Gasteiger charge is 2.21. The first-order valence-corrected chi connectivity index (χ1v) is 5.47. The molecule has 2 aliphatic rings. The monoisotopic (exact) mass is 168 g/mol. The zero-order valence-corrected chi connectivity index (χ0v) is 7.89. The largest absolute Gasteiger partial charge is 0.255 e. The van der Waals surface area contributed by atoms with Crippen molar-refractivity contribution >= 4 is 0 Å². The van der Waals surface area contributed by atoms with Gasteiger partial charge in [-0.25, -0.2) is 5.01 Å². The van der Waals surface area contributed by atoms with Crippen LogP contribution in [0.2, 0.25) is 0 Å². The van der Waals surface area contributed by atoms with Crippen molar-refractivity contribution in [3.8, 4) is 0 Å². The number of nitrogens with one attached hydrogen (secondary N) is 1. The molecular weight excluding hydrogens is 148 g/mol. The van der Waals surface area contributed by atoms with E-state index in [2.05, 4.69) is 10.4 Å². The maximum atomic E-state index is 3.49. The molecule has 2 fully saturated rings. The molecule has 0 aromatic heterocycles. The molecule has 2 rings (SSSR count). The van der Waals surface area contributed by atoms with Gasteiger partial charge in [0.15, 0.2) is 0 Å². The van der Waals surface area contributed by atoms with Crippen LogP contribution in [0.1, 0.15) is 44.9 Å². The van der Waals surface area contributed by atoms with Gasteiger partial charge in [0.1, 0.15) is 0 Å². The highest BCUT2D eigenvalue weighted by molar-refractivity contribution is 4.75. The highest BCUT2D eigenvalue weighted by Crippen LogP contribution is 2.21. The van der Waals surface area contributed by atoms with Gasteiger partial charge >= 0.3 is 0 Å². The third-order valence-corrected chi connectivity index (χ3v) is 3.16. The second-order valence-electron chi connectivity index (χ2n) is 4.10. The fourth-order valence-corrected chi connectivity index (χ4v) is 2.43. The van der Waals surface area contributed by atoms with E-state index in [1.807, 2.05) is 0 Å². The second kappa shape index (κ2) is 4.24. The summed E-state index contributed by atoms with van der Waals surface area (Å²) in [6.07, 6.45) is 10.0. The van der Waals surface area contributed by atoms with Crippen molar-refractivity contribution in [1.29, 1.82) is 0 Å². The Labute approximate surface area is 75.3 Å². The van der Waals surface area contributed by atoms with E-state index in [1.165, 1.54) is 58.0 Å². The molecule has 1 aliphatic carbocycles. The summed E-state index contributed by atoms with van der Waals surface area (Å²) in [7, 11) is 0. The standard InChI is InChI=1S/C10H20N2/c1-2-4-7-10(6-3-1)12-9-5-8-11-12/h10-11H,1-9H2. The molecule has 70 valence electrons. The molecule has 0 bridgehead atoms. The molecular formula is C10H20N2. The lowest BCUT2D eigenvalue weighted by Crippen LogP contribution is -2.40. The Hall–Kier alpha value is -0.0800. The minimum Gasteiger partial charge on any atom is -0.255 e. The molecule has 1 heterocycles. The number of hydrazine groups is 1. The summed E-state index contributed by atoms with van der Waals surface area (Å²) in [5.74, 6) is 0. The number of rotatable bonds is 1. The molecule has 1 saturated carbocycles. The molecule has 0 aromatic carbocycles. The zero-order valence-electron chi connectivity index (χ0n) is 7.89. The molecule has 0 radical (unpaired) electrons. The van der Waals surface area contributed by atoms with Crippen LogP contribution in [-0.2, 0) is 0 Å². The Morgan fingerprint density at radius 3 is 2.25 bits per heavy atom. The molecule has 0 atom stereocenters. The summed E-state index contributed by atoms with van der Waals surface area (Å²) in [6.45, 7) is 2.49. The normalized spacial score (nSPS) is 29.0. The van der Waals surface area contributed by atoms with Crippen LogP contribution in [0.4, 0.5) is 0 Å². The van der Waals surface area contributed by atoms with Crippen molar-refractivity contribution in [2.75, 3.05) is 13.1 Å². The summed E-state index contributed by atoms with van der Waals surface area (Å²) in [6, 6.07) is 0.856. The third kappa shape index (κ3) is 1.99. The van der Waals surface area contributed by atoms with Crippen molar-refractivity contribution in [3.63, 3.8) is 0 Å². The first-order valence-electron chi connectivity index (χ1n) is 5.47. The van der Waals surface area contributed by atoms with E-state index >= 15 is 0 Å². The average Bonchev–Trinajstić information content (AvgIpc) is 2.48. The van der Waals surface area contributed by atoms with Crippen LogP contribution in [0.15, 0.2) is 0 Å². The maximum absolute atomic E-state index is 3.49. The van der Waals surface area contributed by atoms with Crippen molar-refractivity contribution in [1.82, 2.24) is 10.4 Å². The van der Waals surface area contributed by atoms with Crippen molar-refractivity contribution in [2.24, 2.45) is 0 Å². The smallest absolute Gasteiger partial charge is 0.0243 e. The van der Waals surface area contributed by atoms with Crippen LogP contribution in [-0.4, -0.2) is 24.1 Å². The number of hydrogen-bond acceptors (Lipinski definition) is 2. The van der Waals surface area contributed by atoms with Gasteiger partial charge in [-0.05, 0) is 19.3 Å². The molecule has 0 unspecified atom stereocenters. The molecule has 2 heteroatoms. The van der Waals surface area contributed by atoms with E-state index < -0.39 is 0 Å². The minimum atomic E-state index is 0.856. The third-order valence-electron chi connectivity index (χ3n) is 3.16. The minimum absolute atomic E-state index is 0.856. The first kappa shape index (κ1) is 8.52. The molecule has 1 saturated heterocycles. The van der Waals surface area contributed by atoms with E-state index in [1.54, 1.807) is 0 Å². The van der Waals surface area contributed by atoms with Gasteiger partial charge in [0.25, 0.3) is 0 Å². The van der Waals surface area contributed by atoms with Gasteiger partial charge in [0, 0.05) is 19.1 Å². The van der Waals surface area contributed by atoms with Crippen molar-refractivity contribution in [2.45, 2.75) is 51.0 Å². The highest BCUT2D eigenvalue weighted by atomic mass is 15.5. The average molecular weight is 168 g/mol. The fourth-order valence-electron chi connectivity index (χ4n) is 2.43. The molecule has 1 N–H and O–H groups in total. The van der Waals surface area contributed by atoms with Gasteiger partial charge in [0.05, 0.1) is 0 Å². The SMILES string of the molecule is C1CCCC(N2CCCN2)CC1. The Bertz CT molecular complexity index is 122. The second-order valence-corrected chi connectivity index (χ2v) is 4.10.